The molecule has 2 aliphatic heterocycles. The van der Waals surface area contributed by atoms with Gasteiger partial charge in [0.1, 0.15) is 5.41 Å². The number of aryl methyl sites for hydroxylation is 1. The smallest absolute Gasteiger partial charge is 0.180 e. The van der Waals surface area contributed by atoms with Crippen LogP contribution in [0.3, 0.4) is 0 Å². The highest BCUT2D eigenvalue weighted by atomic mass is 16.2. The Morgan fingerprint density at radius 1 is 0.879 bits per heavy atom. The molecule has 0 radical (unpaired) electrons. The summed E-state index contributed by atoms with van der Waals surface area (Å²) in [6, 6.07) is 21.6. The van der Waals surface area contributed by atoms with Crippen LogP contribution in [0, 0.1) is 12.3 Å². The molecule has 6 rings (SSSR count). The molecule has 0 bridgehead atoms. The molecule has 0 amide bonds. The van der Waals surface area contributed by atoms with Crippen LogP contribution in [0.2, 0.25) is 0 Å². The van der Waals surface area contributed by atoms with Crippen molar-refractivity contribution in [3.63, 3.8) is 0 Å². The first-order valence-electron chi connectivity index (χ1n) is 11.3. The molecule has 0 aromatic heterocycles. The first-order valence-corrected chi connectivity index (χ1v) is 11.3. The van der Waals surface area contributed by atoms with Crippen molar-refractivity contribution in [1.29, 1.82) is 0 Å². The van der Waals surface area contributed by atoms with Gasteiger partial charge in [0, 0.05) is 22.7 Å². The van der Waals surface area contributed by atoms with E-state index >= 15 is 0 Å². The molecule has 1 saturated heterocycles. The zero-order chi connectivity index (χ0) is 22.9. The molecule has 1 aliphatic carbocycles. The summed E-state index contributed by atoms with van der Waals surface area (Å²) >= 11 is 0. The molecule has 162 valence electrons. The van der Waals surface area contributed by atoms with Crippen molar-refractivity contribution in [3.8, 4) is 0 Å². The summed E-state index contributed by atoms with van der Waals surface area (Å²) in [7, 11) is 0. The molecule has 0 unspecified atom stereocenters. The van der Waals surface area contributed by atoms with Crippen molar-refractivity contribution in [2.24, 2.45) is 5.41 Å². The summed E-state index contributed by atoms with van der Waals surface area (Å²) in [5.41, 5.74) is 3.31. The summed E-state index contributed by atoms with van der Waals surface area (Å²) in [5, 5.41) is 0. The fourth-order valence-electron chi connectivity index (χ4n) is 6.26. The van der Waals surface area contributed by atoms with Crippen molar-refractivity contribution in [2.45, 2.75) is 31.8 Å². The minimum absolute atomic E-state index is 0.0509. The van der Waals surface area contributed by atoms with E-state index in [1.54, 1.807) is 31.2 Å². The average Bonchev–Trinajstić information content (AvgIpc) is 3.27. The maximum atomic E-state index is 14.2. The van der Waals surface area contributed by atoms with E-state index in [2.05, 4.69) is 6.07 Å². The predicted molar refractivity (Wildman–Crippen MR) is 128 cm³/mol. The lowest BCUT2D eigenvalue weighted by atomic mass is 9.64. The zero-order valence-corrected chi connectivity index (χ0v) is 18.5. The van der Waals surface area contributed by atoms with E-state index in [1.165, 1.54) is 0 Å². The molecule has 1 fully saturated rings. The lowest BCUT2D eigenvalue weighted by Gasteiger charge is -2.37. The van der Waals surface area contributed by atoms with Gasteiger partial charge in [-0.3, -0.25) is 14.4 Å². The van der Waals surface area contributed by atoms with Crippen LogP contribution in [-0.2, 0) is 4.79 Å². The minimum atomic E-state index is -1.39. The second-order valence-corrected chi connectivity index (χ2v) is 9.29. The largest absolute Gasteiger partial charge is 0.352 e. The number of hydrogen-bond acceptors (Lipinski definition) is 4. The van der Waals surface area contributed by atoms with Gasteiger partial charge >= 0.3 is 0 Å². The fraction of sp³-hybridized carbons (Fsp3) is 0.207. The highest BCUT2D eigenvalue weighted by molar-refractivity contribution is 6.32. The Morgan fingerprint density at radius 3 is 2.15 bits per heavy atom. The molecule has 3 aromatic carbocycles. The van der Waals surface area contributed by atoms with Crippen LogP contribution in [-0.4, -0.2) is 29.4 Å². The van der Waals surface area contributed by atoms with Crippen LogP contribution < -0.4 is 4.90 Å². The van der Waals surface area contributed by atoms with Gasteiger partial charge in [-0.05, 0) is 36.6 Å². The lowest BCUT2D eigenvalue weighted by Crippen LogP contribution is -2.48. The summed E-state index contributed by atoms with van der Waals surface area (Å²) in [4.78, 5) is 43.8. The van der Waals surface area contributed by atoms with Crippen molar-refractivity contribution < 1.29 is 14.4 Å². The van der Waals surface area contributed by atoms with Gasteiger partial charge < -0.3 is 4.90 Å². The third-order valence-electron chi connectivity index (χ3n) is 7.54. The van der Waals surface area contributed by atoms with Crippen LogP contribution in [0.5, 0.6) is 0 Å². The SMILES string of the molecule is CC(=O)[C@H]1[C@H](c2ccccc2)C2(C(=O)c3ccccc3C2=O)[C@H]2C=Cc3ccc(C)cc3N12. The number of carbonyl (C=O) groups excluding carboxylic acids is 3. The number of rotatable bonds is 2. The van der Waals surface area contributed by atoms with Crippen molar-refractivity contribution in [3.05, 3.63) is 107 Å². The molecule has 2 heterocycles. The normalized spacial score (nSPS) is 24.1. The van der Waals surface area contributed by atoms with E-state index in [0.29, 0.717) is 11.1 Å². The number of anilines is 1. The summed E-state index contributed by atoms with van der Waals surface area (Å²) in [6.45, 7) is 3.58. The third kappa shape index (κ3) is 2.44. The second kappa shape index (κ2) is 6.85. The van der Waals surface area contributed by atoms with Crippen molar-refractivity contribution in [2.75, 3.05) is 4.90 Å². The lowest BCUT2D eigenvalue weighted by molar-refractivity contribution is -0.118. The van der Waals surface area contributed by atoms with E-state index in [-0.39, 0.29) is 17.3 Å². The van der Waals surface area contributed by atoms with Gasteiger partial charge in [0.25, 0.3) is 0 Å². The van der Waals surface area contributed by atoms with Gasteiger partial charge in [0.2, 0.25) is 0 Å². The van der Waals surface area contributed by atoms with Crippen LogP contribution in [0.4, 0.5) is 5.69 Å². The van der Waals surface area contributed by atoms with Gasteiger partial charge in [-0.1, -0.05) is 78.9 Å². The van der Waals surface area contributed by atoms with E-state index in [9.17, 15) is 14.4 Å². The van der Waals surface area contributed by atoms with Crippen molar-refractivity contribution >= 4 is 29.1 Å². The fourth-order valence-corrected chi connectivity index (χ4v) is 6.26. The van der Waals surface area contributed by atoms with Gasteiger partial charge in [-0.2, -0.15) is 0 Å². The van der Waals surface area contributed by atoms with Gasteiger partial charge in [-0.15, -0.1) is 0 Å². The van der Waals surface area contributed by atoms with E-state index < -0.39 is 23.4 Å². The first-order chi connectivity index (χ1) is 16.0. The molecule has 0 saturated carbocycles. The minimum Gasteiger partial charge on any atom is -0.352 e. The van der Waals surface area contributed by atoms with E-state index in [4.69, 9.17) is 0 Å². The molecule has 3 aliphatic rings. The molecule has 3 aromatic rings. The highest BCUT2D eigenvalue weighted by Crippen LogP contribution is 2.60. The number of Topliss-reactive ketones (excluding diaryl/α,β-unsaturated/α-hetero) is 3. The van der Waals surface area contributed by atoms with Gasteiger partial charge in [0.15, 0.2) is 17.3 Å². The molecular weight excluding hydrogens is 410 g/mol. The number of nitrogens with zero attached hydrogens (tertiary/aromatic N) is 1. The van der Waals surface area contributed by atoms with Crippen LogP contribution in [0.25, 0.3) is 6.08 Å². The average molecular weight is 434 g/mol. The van der Waals surface area contributed by atoms with Gasteiger partial charge in [0.05, 0.1) is 12.1 Å². The Hall–Kier alpha value is -3.79. The summed E-state index contributed by atoms with van der Waals surface area (Å²) in [5.74, 6) is -1.01. The van der Waals surface area contributed by atoms with E-state index in [0.717, 1.165) is 22.4 Å². The molecule has 0 N–H and O–H groups in total. The second-order valence-electron chi connectivity index (χ2n) is 9.29. The van der Waals surface area contributed by atoms with Gasteiger partial charge in [-0.25, -0.2) is 0 Å². The topological polar surface area (TPSA) is 54.5 Å². The molecule has 4 heteroatoms. The number of fused-ring (bicyclic) bond motifs is 5. The number of benzene rings is 3. The Bertz CT molecular complexity index is 1340. The number of ketones is 3. The Labute approximate surface area is 192 Å². The first kappa shape index (κ1) is 19.9. The monoisotopic (exact) mass is 433 g/mol. The number of hydrogen-bond donors (Lipinski definition) is 0. The molecule has 1 spiro atoms. The highest BCUT2D eigenvalue weighted by Gasteiger charge is 2.71. The molecule has 33 heavy (non-hydrogen) atoms. The Kier molecular flexibility index (Phi) is 4.12. The number of carbonyl (C=O) groups is 3. The Morgan fingerprint density at radius 2 is 1.52 bits per heavy atom. The van der Waals surface area contributed by atoms with Crippen molar-refractivity contribution in [1.82, 2.24) is 0 Å². The predicted octanol–water partition coefficient (Wildman–Crippen LogP) is 5.02. The Balaban J connectivity index is 1.69. The van der Waals surface area contributed by atoms with E-state index in [1.807, 2.05) is 66.4 Å². The zero-order valence-electron chi connectivity index (χ0n) is 18.5. The third-order valence-corrected chi connectivity index (χ3v) is 7.54. The maximum Gasteiger partial charge on any atom is 0.180 e. The summed E-state index contributed by atoms with van der Waals surface area (Å²) in [6.07, 6.45) is 3.95. The van der Waals surface area contributed by atoms with Crippen LogP contribution >= 0.6 is 0 Å². The maximum absolute atomic E-state index is 14.2. The quantitative estimate of drug-likeness (QED) is 0.533. The molecular formula is C29H23NO3. The van der Waals surface area contributed by atoms with Crippen LogP contribution in [0.15, 0.2) is 78.9 Å². The molecule has 3 atom stereocenters. The molecule has 4 nitrogen and oxygen atoms in total. The van der Waals surface area contributed by atoms with Crippen LogP contribution in [0.1, 0.15) is 50.2 Å². The summed E-state index contributed by atoms with van der Waals surface area (Å²) < 4.78 is 0. The standard InChI is InChI=1S/C29H23NO3/c1-17-12-13-19-14-15-24-29(27(32)21-10-6-7-11-22(21)28(29)33)25(20-8-4-3-5-9-20)26(18(2)31)30(24)23(19)16-17/h3-16,24-26H,1-2H3/t24-,25+,26+/m1/s1.